The number of benzene rings is 2. The predicted molar refractivity (Wildman–Crippen MR) is 108 cm³/mol. The summed E-state index contributed by atoms with van der Waals surface area (Å²) in [5.74, 6) is 1.64. The van der Waals surface area contributed by atoms with Crippen molar-refractivity contribution in [3.05, 3.63) is 58.9 Å². The van der Waals surface area contributed by atoms with E-state index in [1.54, 1.807) is 14.0 Å². The Morgan fingerprint density at radius 3 is 2.52 bits per heavy atom. The predicted octanol–water partition coefficient (Wildman–Crippen LogP) is 4.53. The molecular formula is C19H18Cl2N4O2. The minimum Gasteiger partial charge on any atom is -0.497 e. The summed E-state index contributed by atoms with van der Waals surface area (Å²) in [6, 6.07) is 13.7. The fraction of sp³-hybridized carbons (Fsp3) is 0.158. The fourth-order valence-corrected chi connectivity index (χ4v) is 3.31. The number of halogens is 2. The van der Waals surface area contributed by atoms with Gasteiger partial charge in [0.05, 0.1) is 17.6 Å². The number of fused-ring (bicyclic) bond motifs is 1. The first-order chi connectivity index (χ1) is 12.6. The van der Waals surface area contributed by atoms with Crippen molar-refractivity contribution in [2.45, 2.75) is 13.5 Å². The number of nitrogens with zero attached hydrogens (tertiary/aromatic N) is 3. The van der Waals surface area contributed by atoms with Gasteiger partial charge in [-0.2, -0.15) is 4.98 Å². The van der Waals surface area contributed by atoms with E-state index in [0.717, 1.165) is 27.9 Å². The lowest BCUT2D eigenvalue weighted by Gasteiger charge is -2.10. The van der Waals surface area contributed by atoms with Gasteiger partial charge in [0, 0.05) is 17.6 Å². The van der Waals surface area contributed by atoms with Gasteiger partial charge in [-0.05, 0) is 42.8 Å². The molecule has 0 saturated carbocycles. The zero-order chi connectivity index (χ0) is 18.3. The van der Waals surface area contributed by atoms with E-state index in [-0.39, 0.29) is 12.4 Å². The first kappa shape index (κ1) is 19.2. The quantitative estimate of drug-likeness (QED) is 0.540. The molecule has 2 heterocycles. The second kappa shape index (κ2) is 7.60. The van der Waals surface area contributed by atoms with E-state index < -0.39 is 0 Å². The van der Waals surface area contributed by atoms with Crippen LogP contribution in [0.5, 0.6) is 5.75 Å². The fourth-order valence-electron chi connectivity index (χ4n) is 2.99. The first-order valence-electron chi connectivity index (χ1n) is 8.10. The van der Waals surface area contributed by atoms with Crippen LogP contribution in [0.1, 0.15) is 11.4 Å². The van der Waals surface area contributed by atoms with Crippen LogP contribution in [0.3, 0.4) is 0 Å². The van der Waals surface area contributed by atoms with E-state index in [9.17, 15) is 0 Å². The number of methoxy groups -OCH3 is 1. The molecule has 2 N–H and O–H groups in total. The normalized spacial score (nSPS) is 10.8. The maximum absolute atomic E-state index is 6.72. The standard InChI is InChI=1S/C19H17ClN4O2.ClH/c1-11-22-19(26-23-11)18-17(20)15-9-14(25-2)7-8-16(15)24(18)13-5-3-12(10-21)4-6-13;/h3-9H,10,21H2,1-2H3;1H. The Bertz CT molecular complexity index is 1090. The Morgan fingerprint density at radius 1 is 1.19 bits per heavy atom. The summed E-state index contributed by atoms with van der Waals surface area (Å²) in [6.07, 6.45) is 0. The number of nitrogens with two attached hydrogens (primary N) is 1. The zero-order valence-corrected chi connectivity index (χ0v) is 16.3. The maximum Gasteiger partial charge on any atom is 0.276 e. The van der Waals surface area contributed by atoms with Crippen LogP contribution in [0.25, 0.3) is 28.2 Å². The highest BCUT2D eigenvalue weighted by molar-refractivity contribution is 6.38. The monoisotopic (exact) mass is 404 g/mol. The summed E-state index contributed by atoms with van der Waals surface area (Å²) in [4.78, 5) is 4.37. The molecule has 0 radical (unpaired) electrons. The van der Waals surface area contributed by atoms with Gasteiger partial charge in [-0.15, -0.1) is 12.4 Å². The van der Waals surface area contributed by atoms with E-state index in [4.69, 9.17) is 26.6 Å². The van der Waals surface area contributed by atoms with Crippen LogP contribution < -0.4 is 10.5 Å². The highest BCUT2D eigenvalue weighted by Gasteiger charge is 2.23. The summed E-state index contributed by atoms with van der Waals surface area (Å²) in [7, 11) is 1.62. The topological polar surface area (TPSA) is 79.1 Å². The molecule has 0 unspecified atom stereocenters. The van der Waals surface area contributed by atoms with Crippen molar-refractivity contribution in [2.24, 2.45) is 5.73 Å². The molecule has 2 aromatic heterocycles. The molecule has 0 amide bonds. The number of hydrogen-bond acceptors (Lipinski definition) is 5. The van der Waals surface area contributed by atoms with E-state index in [2.05, 4.69) is 10.1 Å². The van der Waals surface area contributed by atoms with Crippen LogP contribution in [0.15, 0.2) is 47.0 Å². The molecule has 0 aliphatic rings. The number of aryl methyl sites for hydroxylation is 1. The molecular weight excluding hydrogens is 387 g/mol. The average molecular weight is 405 g/mol. The van der Waals surface area contributed by atoms with Crippen LogP contribution in [0.2, 0.25) is 5.02 Å². The number of hydrogen-bond donors (Lipinski definition) is 1. The molecule has 0 fully saturated rings. The van der Waals surface area contributed by atoms with Crippen LogP contribution in [-0.4, -0.2) is 21.8 Å². The van der Waals surface area contributed by atoms with Gasteiger partial charge in [-0.3, -0.25) is 0 Å². The van der Waals surface area contributed by atoms with Gasteiger partial charge in [0.2, 0.25) is 0 Å². The van der Waals surface area contributed by atoms with Crippen molar-refractivity contribution in [3.63, 3.8) is 0 Å². The van der Waals surface area contributed by atoms with E-state index in [0.29, 0.717) is 29.0 Å². The minimum absolute atomic E-state index is 0. The lowest BCUT2D eigenvalue weighted by Crippen LogP contribution is -2.00. The van der Waals surface area contributed by atoms with Gasteiger partial charge in [0.15, 0.2) is 5.82 Å². The average Bonchev–Trinajstić information content (AvgIpc) is 3.22. The Balaban J connectivity index is 0.00000210. The molecule has 27 heavy (non-hydrogen) atoms. The summed E-state index contributed by atoms with van der Waals surface area (Å²) >= 11 is 6.72. The van der Waals surface area contributed by atoms with Crippen molar-refractivity contribution in [1.82, 2.24) is 14.7 Å². The van der Waals surface area contributed by atoms with Gasteiger partial charge in [-0.1, -0.05) is 28.9 Å². The summed E-state index contributed by atoms with van der Waals surface area (Å²) in [5.41, 5.74) is 9.26. The molecule has 4 rings (SSSR count). The van der Waals surface area contributed by atoms with Crippen LogP contribution in [0, 0.1) is 6.92 Å². The number of aromatic nitrogens is 3. The molecule has 0 atom stereocenters. The minimum atomic E-state index is 0. The van der Waals surface area contributed by atoms with Gasteiger partial charge in [-0.25, -0.2) is 0 Å². The highest BCUT2D eigenvalue weighted by atomic mass is 35.5. The molecule has 2 aromatic carbocycles. The Labute approximate surface area is 167 Å². The SMILES string of the molecule is COc1ccc2c(c1)c(Cl)c(-c1nc(C)no1)n2-c1ccc(CN)cc1.Cl. The lowest BCUT2D eigenvalue weighted by molar-refractivity contribution is 0.415. The van der Waals surface area contributed by atoms with Gasteiger partial charge < -0.3 is 19.6 Å². The lowest BCUT2D eigenvalue weighted by atomic mass is 10.2. The molecule has 0 spiro atoms. The van der Waals surface area contributed by atoms with Gasteiger partial charge >= 0.3 is 0 Å². The third-order valence-electron chi connectivity index (χ3n) is 4.27. The number of rotatable bonds is 4. The zero-order valence-electron chi connectivity index (χ0n) is 14.8. The molecule has 4 aromatic rings. The summed E-state index contributed by atoms with van der Waals surface area (Å²) in [6.45, 7) is 2.26. The molecule has 8 heteroatoms. The Kier molecular flexibility index (Phi) is 5.41. The van der Waals surface area contributed by atoms with E-state index >= 15 is 0 Å². The third-order valence-corrected chi connectivity index (χ3v) is 4.66. The molecule has 0 aliphatic heterocycles. The van der Waals surface area contributed by atoms with Crippen LogP contribution in [0.4, 0.5) is 0 Å². The summed E-state index contributed by atoms with van der Waals surface area (Å²) < 4.78 is 12.8. The number of ether oxygens (including phenoxy) is 1. The largest absolute Gasteiger partial charge is 0.497 e. The molecule has 0 aliphatic carbocycles. The van der Waals surface area contributed by atoms with Crippen molar-refractivity contribution in [2.75, 3.05) is 7.11 Å². The second-order valence-corrected chi connectivity index (χ2v) is 6.28. The van der Waals surface area contributed by atoms with Crippen molar-refractivity contribution in [3.8, 4) is 23.0 Å². The Morgan fingerprint density at radius 2 is 1.93 bits per heavy atom. The van der Waals surface area contributed by atoms with Gasteiger partial charge in [0.1, 0.15) is 11.4 Å². The molecule has 140 valence electrons. The van der Waals surface area contributed by atoms with E-state index in [1.165, 1.54) is 0 Å². The molecule has 0 saturated heterocycles. The van der Waals surface area contributed by atoms with Crippen molar-refractivity contribution < 1.29 is 9.26 Å². The molecule has 6 nitrogen and oxygen atoms in total. The molecule has 0 bridgehead atoms. The third kappa shape index (κ3) is 3.27. The van der Waals surface area contributed by atoms with Crippen molar-refractivity contribution in [1.29, 1.82) is 0 Å². The summed E-state index contributed by atoms with van der Waals surface area (Å²) in [5, 5.41) is 5.28. The van der Waals surface area contributed by atoms with Crippen molar-refractivity contribution >= 4 is 34.9 Å². The van der Waals surface area contributed by atoms with Crippen LogP contribution >= 0.6 is 24.0 Å². The maximum atomic E-state index is 6.72. The first-order valence-corrected chi connectivity index (χ1v) is 8.48. The second-order valence-electron chi connectivity index (χ2n) is 5.90. The van der Waals surface area contributed by atoms with Gasteiger partial charge in [0.25, 0.3) is 5.89 Å². The van der Waals surface area contributed by atoms with Crippen LogP contribution in [-0.2, 0) is 6.54 Å². The van der Waals surface area contributed by atoms with E-state index in [1.807, 2.05) is 47.0 Å². The smallest absolute Gasteiger partial charge is 0.276 e. The Hall–Kier alpha value is -2.54. The highest BCUT2D eigenvalue weighted by Crippen LogP contribution is 2.40.